The molecule has 0 aliphatic heterocycles. The maximum Gasteiger partial charge on any atom is 0.0353 e. The first-order chi connectivity index (χ1) is 15.4. The zero-order chi connectivity index (χ0) is 20.6. The molecular weight excluding hydrogens is 394 g/mol. The second-order valence-corrected chi connectivity index (χ2v) is 8.73. The molecule has 31 heavy (non-hydrogen) atoms. The molecule has 0 saturated heterocycles. The molecule has 0 saturated carbocycles. The Morgan fingerprint density at radius 2 is 1.26 bits per heavy atom. The van der Waals surface area contributed by atoms with E-state index in [1.807, 2.05) is 24.2 Å². The van der Waals surface area contributed by atoms with Gasteiger partial charge >= 0.3 is 0 Å². The molecule has 0 radical (unpaired) electrons. The fourth-order valence-electron chi connectivity index (χ4n) is 4.35. The summed E-state index contributed by atoms with van der Waals surface area (Å²) < 4.78 is 0. The second-order valence-electron chi connectivity index (χ2n) is 7.65. The highest BCUT2D eigenvalue weighted by Crippen LogP contribution is 2.45. The van der Waals surface area contributed by atoms with Crippen LogP contribution in [0.2, 0.25) is 0 Å². The second kappa shape index (κ2) is 7.57. The van der Waals surface area contributed by atoms with Crippen LogP contribution in [0.3, 0.4) is 0 Å². The summed E-state index contributed by atoms with van der Waals surface area (Å²) in [6.45, 7) is 0. The zero-order valence-corrected chi connectivity index (χ0v) is 17.6. The number of nitrogens with zero attached hydrogens (tertiary/aromatic N) is 1. The molecule has 2 heteroatoms. The van der Waals surface area contributed by atoms with Gasteiger partial charge in [0.25, 0.3) is 0 Å². The molecule has 1 aromatic heterocycles. The Hall–Kier alpha value is -3.62. The van der Waals surface area contributed by atoms with Gasteiger partial charge in [0.2, 0.25) is 0 Å². The molecule has 0 aliphatic rings. The minimum atomic E-state index is 1.19. The van der Waals surface area contributed by atoms with Crippen LogP contribution in [-0.4, -0.2) is 4.98 Å². The Morgan fingerprint density at radius 1 is 0.548 bits per heavy atom. The maximum atomic E-state index is 4.51. The van der Waals surface area contributed by atoms with E-state index in [0.717, 1.165) is 0 Å². The molecule has 1 nitrogen and oxygen atoms in total. The van der Waals surface area contributed by atoms with Gasteiger partial charge in [-0.25, -0.2) is 0 Å². The van der Waals surface area contributed by atoms with Crippen LogP contribution in [0.5, 0.6) is 0 Å². The molecule has 0 bridgehead atoms. The van der Waals surface area contributed by atoms with Crippen LogP contribution in [0.25, 0.3) is 43.4 Å². The smallest absolute Gasteiger partial charge is 0.0353 e. The molecule has 0 atom stereocenters. The van der Waals surface area contributed by atoms with Crippen LogP contribution in [0.15, 0.2) is 125 Å². The van der Waals surface area contributed by atoms with Crippen molar-refractivity contribution in [3.05, 3.63) is 116 Å². The van der Waals surface area contributed by atoms with E-state index in [0.29, 0.717) is 0 Å². The highest BCUT2D eigenvalue weighted by atomic mass is 32.2. The third kappa shape index (κ3) is 3.17. The Bertz CT molecular complexity index is 1500. The van der Waals surface area contributed by atoms with Gasteiger partial charge in [-0.2, -0.15) is 0 Å². The summed E-state index contributed by atoms with van der Waals surface area (Å²) in [4.78, 5) is 7.03. The summed E-state index contributed by atoms with van der Waals surface area (Å²) in [5, 5.41) is 7.48. The summed E-state index contributed by atoms with van der Waals surface area (Å²) >= 11 is 1.83. The Labute approximate surface area is 185 Å². The van der Waals surface area contributed by atoms with Gasteiger partial charge in [-0.05, 0) is 62.3 Å². The normalized spacial score (nSPS) is 11.4. The number of rotatable bonds is 3. The molecular formula is C29H19NS. The monoisotopic (exact) mass is 413 g/mol. The first-order valence-corrected chi connectivity index (χ1v) is 11.2. The van der Waals surface area contributed by atoms with E-state index in [1.165, 1.54) is 53.2 Å². The van der Waals surface area contributed by atoms with E-state index in [-0.39, 0.29) is 0 Å². The van der Waals surface area contributed by atoms with Crippen LogP contribution in [0, 0.1) is 0 Å². The number of benzene rings is 5. The molecule has 5 aromatic carbocycles. The van der Waals surface area contributed by atoms with E-state index in [1.54, 1.807) is 0 Å². The predicted octanol–water partition coefficient (Wildman–Crippen LogP) is 8.36. The number of aromatic nitrogens is 1. The summed E-state index contributed by atoms with van der Waals surface area (Å²) in [5.74, 6) is 0. The van der Waals surface area contributed by atoms with Crippen molar-refractivity contribution in [3.63, 3.8) is 0 Å². The molecule has 6 aromatic rings. The van der Waals surface area contributed by atoms with Gasteiger partial charge in [0.15, 0.2) is 0 Å². The minimum Gasteiger partial charge on any atom is -0.264 e. The third-order valence-corrected chi connectivity index (χ3v) is 6.93. The molecule has 0 aliphatic carbocycles. The lowest BCUT2D eigenvalue weighted by Crippen LogP contribution is -1.90. The van der Waals surface area contributed by atoms with Crippen molar-refractivity contribution in [2.75, 3.05) is 0 Å². The van der Waals surface area contributed by atoms with Gasteiger partial charge in [0, 0.05) is 27.6 Å². The van der Waals surface area contributed by atoms with Crippen molar-refractivity contribution in [1.82, 2.24) is 4.98 Å². The van der Waals surface area contributed by atoms with Crippen molar-refractivity contribution in [2.45, 2.75) is 9.79 Å². The topological polar surface area (TPSA) is 12.9 Å². The van der Waals surface area contributed by atoms with Gasteiger partial charge in [-0.1, -0.05) is 90.6 Å². The van der Waals surface area contributed by atoms with Crippen molar-refractivity contribution in [3.8, 4) is 11.1 Å². The molecule has 6 rings (SSSR count). The Balaban J connectivity index is 1.69. The van der Waals surface area contributed by atoms with Gasteiger partial charge in [-0.3, -0.25) is 4.98 Å². The number of fused-ring (bicyclic) bond motifs is 3. The van der Waals surface area contributed by atoms with Crippen molar-refractivity contribution in [1.29, 1.82) is 0 Å². The number of pyridine rings is 1. The molecule has 0 amide bonds. The predicted molar refractivity (Wildman–Crippen MR) is 133 cm³/mol. The fourth-order valence-corrected chi connectivity index (χ4v) is 5.46. The van der Waals surface area contributed by atoms with Crippen LogP contribution >= 0.6 is 11.8 Å². The molecule has 0 unspecified atom stereocenters. The van der Waals surface area contributed by atoms with E-state index >= 15 is 0 Å². The van der Waals surface area contributed by atoms with E-state index in [9.17, 15) is 0 Å². The van der Waals surface area contributed by atoms with Crippen LogP contribution in [0.4, 0.5) is 0 Å². The SMILES string of the molecule is c1ccc(Sc2c3ccccc3c(-c3ccc4ccccc4c3)c3cnccc23)cc1. The lowest BCUT2D eigenvalue weighted by molar-refractivity contribution is 1.36. The first-order valence-electron chi connectivity index (χ1n) is 10.4. The minimum absolute atomic E-state index is 1.19. The molecule has 0 N–H and O–H groups in total. The van der Waals surface area contributed by atoms with E-state index < -0.39 is 0 Å². The maximum absolute atomic E-state index is 4.51. The van der Waals surface area contributed by atoms with Crippen molar-refractivity contribution >= 4 is 44.1 Å². The highest BCUT2D eigenvalue weighted by molar-refractivity contribution is 7.99. The molecule has 0 spiro atoms. The zero-order valence-electron chi connectivity index (χ0n) is 16.8. The van der Waals surface area contributed by atoms with E-state index in [2.05, 4.69) is 108 Å². The van der Waals surface area contributed by atoms with Crippen LogP contribution in [-0.2, 0) is 0 Å². The van der Waals surface area contributed by atoms with Crippen molar-refractivity contribution < 1.29 is 0 Å². The van der Waals surface area contributed by atoms with Gasteiger partial charge in [0.1, 0.15) is 0 Å². The van der Waals surface area contributed by atoms with E-state index in [4.69, 9.17) is 0 Å². The third-order valence-electron chi connectivity index (χ3n) is 5.78. The van der Waals surface area contributed by atoms with Gasteiger partial charge < -0.3 is 0 Å². The quantitative estimate of drug-likeness (QED) is 0.270. The summed E-state index contributed by atoms with van der Waals surface area (Å²) in [6.07, 6.45) is 3.91. The summed E-state index contributed by atoms with van der Waals surface area (Å²) in [5.41, 5.74) is 2.48. The van der Waals surface area contributed by atoms with Gasteiger partial charge in [-0.15, -0.1) is 0 Å². The Kier molecular flexibility index (Phi) is 4.44. The summed E-state index contributed by atoms with van der Waals surface area (Å²) in [7, 11) is 0. The number of hydrogen-bond donors (Lipinski definition) is 0. The highest BCUT2D eigenvalue weighted by Gasteiger charge is 2.16. The molecule has 146 valence electrons. The van der Waals surface area contributed by atoms with Crippen molar-refractivity contribution in [2.24, 2.45) is 0 Å². The largest absolute Gasteiger partial charge is 0.264 e. The average Bonchev–Trinajstić information content (AvgIpc) is 2.84. The van der Waals surface area contributed by atoms with Crippen LogP contribution in [0.1, 0.15) is 0 Å². The number of hydrogen-bond acceptors (Lipinski definition) is 2. The first kappa shape index (κ1) is 18.2. The standard InChI is InChI=1S/C29H19NS/c1-2-10-23(11-3-1)31-29-25-13-7-6-12-24(25)28(27-19-30-17-16-26(27)29)22-15-14-20-8-4-5-9-21(20)18-22/h1-19H. The van der Waals surface area contributed by atoms with Crippen LogP contribution < -0.4 is 0 Å². The molecule has 1 heterocycles. The van der Waals surface area contributed by atoms with Gasteiger partial charge in [0.05, 0.1) is 0 Å². The Morgan fingerprint density at radius 3 is 2.13 bits per heavy atom. The lowest BCUT2D eigenvalue weighted by atomic mass is 9.92. The average molecular weight is 414 g/mol. The lowest BCUT2D eigenvalue weighted by Gasteiger charge is -2.17. The fraction of sp³-hybridized carbons (Fsp3) is 0. The summed E-state index contributed by atoms with van der Waals surface area (Å²) in [6, 6.07) is 36.8. The molecule has 0 fully saturated rings.